The molecule has 2 atom stereocenters. The molecular weight excluding hydrogens is 218 g/mol. The highest BCUT2D eigenvalue weighted by atomic mass is 16.6. The summed E-state index contributed by atoms with van der Waals surface area (Å²) in [4.78, 5) is 10.4. The molecule has 0 aliphatic heterocycles. The molecule has 5 heteroatoms. The number of benzene rings is 1. The van der Waals surface area contributed by atoms with Gasteiger partial charge in [-0.1, -0.05) is 13.3 Å². The van der Waals surface area contributed by atoms with Crippen LogP contribution in [0.25, 0.3) is 0 Å². The fraction of sp³-hybridized carbons (Fsp3) is 0.417. The van der Waals surface area contributed by atoms with Crippen molar-refractivity contribution in [1.82, 2.24) is 0 Å². The average Bonchev–Trinajstić information content (AvgIpc) is 3.07. The third-order valence-corrected chi connectivity index (χ3v) is 3.11. The normalized spacial score (nSPS) is 21.6. The van der Waals surface area contributed by atoms with Crippen LogP contribution < -0.4 is 5.32 Å². The van der Waals surface area contributed by atoms with E-state index < -0.39 is 4.92 Å². The molecule has 1 aliphatic carbocycles. The highest BCUT2D eigenvalue weighted by molar-refractivity contribution is 5.65. The minimum absolute atomic E-state index is 0.0331. The van der Waals surface area contributed by atoms with Gasteiger partial charge in [-0.25, -0.2) is 0 Å². The minimum atomic E-state index is -0.424. The number of nitrogens with one attached hydrogen (secondary N) is 1. The van der Waals surface area contributed by atoms with Crippen LogP contribution in [-0.4, -0.2) is 11.0 Å². The van der Waals surface area contributed by atoms with E-state index in [-0.39, 0.29) is 5.69 Å². The lowest BCUT2D eigenvalue weighted by molar-refractivity contribution is -0.384. The molecule has 0 radical (unpaired) electrons. The molecule has 88 valence electrons. The Morgan fingerprint density at radius 3 is 2.94 bits per heavy atom. The van der Waals surface area contributed by atoms with Gasteiger partial charge in [-0.15, -0.1) is 0 Å². The van der Waals surface area contributed by atoms with E-state index in [1.165, 1.54) is 12.1 Å². The highest BCUT2D eigenvalue weighted by Crippen LogP contribution is 2.38. The van der Waals surface area contributed by atoms with E-state index in [0.29, 0.717) is 23.2 Å². The van der Waals surface area contributed by atoms with E-state index in [0.717, 1.165) is 12.8 Å². The van der Waals surface area contributed by atoms with E-state index in [1.807, 2.05) is 6.07 Å². The van der Waals surface area contributed by atoms with Crippen LogP contribution in [0.5, 0.6) is 0 Å². The molecule has 0 bridgehead atoms. The van der Waals surface area contributed by atoms with Crippen molar-refractivity contribution in [2.75, 3.05) is 5.32 Å². The van der Waals surface area contributed by atoms with Gasteiger partial charge in [0, 0.05) is 12.1 Å². The molecule has 1 aromatic carbocycles. The number of rotatable bonds is 4. The molecule has 1 aliphatic rings. The number of hydrogen-bond donors (Lipinski definition) is 1. The van der Waals surface area contributed by atoms with Crippen molar-refractivity contribution < 1.29 is 4.92 Å². The van der Waals surface area contributed by atoms with Gasteiger partial charge in [-0.3, -0.25) is 10.1 Å². The fourth-order valence-corrected chi connectivity index (χ4v) is 1.96. The van der Waals surface area contributed by atoms with Crippen molar-refractivity contribution in [2.45, 2.75) is 25.8 Å². The molecule has 5 nitrogen and oxygen atoms in total. The predicted octanol–water partition coefficient (Wildman–Crippen LogP) is 2.68. The van der Waals surface area contributed by atoms with Crippen LogP contribution in [0.3, 0.4) is 0 Å². The maximum Gasteiger partial charge on any atom is 0.292 e. The molecule has 0 saturated heterocycles. The van der Waals surface area contributed by atoms with Crippen molar-refractivity contribution >= 4 is 11.4 Å². The van der Waals surface area contributed by atoms with Crippen molar-refractivity contribution in [3.63, 3.8) is 0 Å². The standard InChI is InChI=1S/C12H13N3O2/c1-2-9-6-10(9)14-11-5-8(7-13)3-4-12(11)15(16)17/h3-5,9-10,14H,2,6H2,1H3. The van der Waals surface area contributed by atoms with E-state index >= 15 is 0 Å². The molecular formula is C12H13N3O2. The zero-order valence-electron chi connectivity index (χ0n) is 9.51. The number of nitro groups is 1. The van der Waals surface area contributed by atoms with E-state index in [4.69, 9.17) is 5.26 Å². The molecule has 0 spiro atoms. The first-order chi connectivity index (χ1) is 8.15. The number of nitrogens with zero attached hydrogens (tertiary/aromatic N) is 2. The van der Waals surface area contributed by atoms with Crippen molar-refractivity contribution in [1.29, 1.82) is 5.26 Å². The van der Waals surface area contributed by atoms with Crippen molar-refractivity contribution in [2.24, 2.45) is 5.92 Å². The second kappa shape index (κ2) is 4.42. The summed E-state index contributed by atoms with van der Waals surface area (Å²) < 4.78 is 0. The van der Waals surface area contributed by atoms with Crippen LogP contribution in [0.15, 0.2) is 18.2 Å². The molecule has 2 unspecified atom stereocenters. The monoisotopic (exact) mass is 231 g/mol. The maximum atomic E-state index is 10.9. The molecule has 1 saturated carbocycles. The van der Waals surface area contributed by atoms with E-state index in [2.05, 4.69) is 12.2 Å². The third kappa shape index (κ3) is 2.36. The summed E-state index contributed by atoms with van der Waals surface area (Å²) in [6.45, 7) is 2.10. The smallest absolute Gasteiger partial charge is 0.292 e. The van der Waals surface area contributed by atoms with Crippen LogP contribution in [0, 0.1) is 27.4 Å². The Morgan fingerprint density at radius 2 is 2.41 bits per heavy atom. The maximum absolute atomic E-state index is 10.9. The summed E-state index contributed by atoms with van der Waals surface area (Å²) in [5.41, 5.74) is 0.924. The first-order valence-corrected chi connectivity index (χ1v) is 5.60. The SMILES string of the molecule is CCC1CC1Nc1cc(C#N)ccc1[N+](=O)[O-]. The van der Waals surface area contributed by atoms with Crippen LogP contribution in [0.2, 0.25) is 0 Å². The Hall–Kier alpha value is -2.09. The second-order valence-electron chi connectivity index (χ2n) is 4.26. The number of anilines is 1. The molecule has 0 heterocycles. The molecule has 17 heavy (non-hydrogen) atoms. The lowest BCUT2D eigenvalue weighted by Crippen LogP contribution is -2.07. The minimum Gasteiger partial charge on any atom is -0.376 e. The quantitative estimate of drug-likeness (QED) is 0.638. The van der Waals surface area contributed by atoms with Crippen LogP contribution in [-0.2, 0) is 0 Å². The van der Waals surface area contributed by atoms with Crippen LogP contribution >= 0.6 is 0 Å². The van der Waals surface area contributed by atoms with Gasteiger partial charge in [-0.05, 0) is 24.5 Å². The lowest BCUT2D eigenvalue weighted by atomic mass is 10.2. The summed E-state index contributed by atoms with van der Waals surface area (Å²) in [5.74, 6) is 0.598. The number of nitriles is 1. The fourth-order valence-electron chi connectivity index (χ4n) is 1.96. The summed E-state index contributed by atoms with van der Waals surface area (Å²) in [6, 6.07) is 6.69. The van der Waals surface area contributed by atoms with Gasteiger partial charge in [0.1, 0.15) is 5.69 Å². The summed E-state index contributed by atoms with van der Waals surface area (Å²) >= 11 is 0. The first-order valence-electron chi connectivity index (χ1n) is 5.60. The Labute approximate surface area is 99.2 Å². The zero-order valence-corrected chi connectivity index (χ0v) is 9.51. The molecule has 2 rings (SSSR count). The molecule has 1 aromatic rings. The summed E-state index contributed by atoms with van der Waals surface area (Å²) in [7, 11) is 0. The second-order valence-corrected chi connectivity index (χ2v) is 4.26. The van der Waals surface area contributed by atoms with Gasteiger partial charge < -0.3 is 5.32 Å². The number of nitro benzene ring substituents is 1. The summed E-state index contributed by atoms with van der Waals surface area (Å²) in [6.07, 6.45) is 2.12. The van der Waals surface area contributed by atoms with E-state index in [9.17, 15) is 10.1 Å². The lowest BCUT2D eigenvalue weighted by Gasteiger charge is -2.06. The number of hydrogen-bond acceptors (Lipinski definition) is 4. The molecule has 1 fully saturated rings. The Kier molecular flexibility index (Phi) is 2.96. The van der Waals surface area contributed by atoms with Gasteiger partial charge in [-0.2, -0.15) is 5.26 Å². The average molecular weight is 231 g/mol. The van der Waals surface area contributed by atoms with Gasteiger partial charge in [0.2, 0.25) is 0 Å². The molecule has 1 N–H and O–H groups in total. The zero-order chi connectivity index (χ0) is 12.4. The third-order valence-electron chi connectivity index (χ3n) is 3.11. The van der Waals surface area contributed by atoms with Gasteiger partial charge in [0.15, 0.2) is 0 Å². The Bertz CT molecular complexity index is 493. The van der Waals surface area contributed by atoms with Gasteiger partial charge in [0.25, 0.3) is 5.69 Å². The van der Waals surface area contributed by atoms with Gasteiger partial charge >= 0.3 is 0 Å². The van der Waals surface area contributed by atoms with Crippen molar-refractivity contribution in [3.05, 3.63) is 33.9 Å². The Morgan fingerprint density at radius 1 is 1.65 bits per heavy atom. The molecule has 0 amide bonds. The predicted molar refractivity (Wildman–Crippen MR) is 63.6 cm³/mol. The molecule has 0 aromatic heterocycles. The van der Waals surface area contributed by atoms with E-state index in [1.54, 1.807) is 6.07 Å². The first kappa shape index (κ1) is 11.4. The highest BCUT2D eigenvalue weighted by Gasteiger charge is 2.36. The van der Waals surface area contributed by atoms with Crippen LogP contribution in [0.1, 0.15) is 25.3 Å². The summed E-state index contributed by atoms with van der Waals surface area (Å²) in [5, 5.41) is 22.8. The van der Waals surface area contributed by atoms with Crippen molar-refractivity contribution in [3.8, 4) is 6.07 Å². The van der Waals surface area contributed by atoms with Crippen LogP contribution in [0.4, 0.5) is 11.4 Å². The van der Waals surface area contributed by atoms with Gasteiger partial charge in [0.05, 0.1) is 16.6 Å². The topological polar surface area (TPSA) is 79.0 Å². The Balaban J connectivity index is 2.24. The largest absolute Gasteiger partial charge is 0.376 e.